The molecule has 0 aromatic carbocycles. The second-order valence-corrected chi connectivity index (χ2v) is 8.24. The predicted octanol–water partition coefficient (Wildman–Crippen LogP) is 3.71. The second kappa shape index (κ2) is 8.11. The number of nitrogens with one attached hydrogen (secondary N) is 1. The van der Waals surface area contributed by atoms with Crippen LogP contribution in [0.2, 0.25) is 0 Å². The van der Waals surface area contributed by atoms with E-state index >= 15 is 0 Å². The molecule has 1 aliphatic rings. The molecule has 0 spiro atoms. The lowest BCUT2D eigenvalue weighted by Gasteiger charge is -2.33. The fourth-order valence-electron chi connectivity index (χ4n) is 3.14. The van der Waals surface area contributed by atoms with Gasteiger partial charge in [0.1, 0.15) is 11.2 Å². The van der Waals surface area contributed by atoms with Crippen molar-refractivity contribution in [2.45, 2.75) is 51.4 Å². The van der Waals surface area contributed by atoms with E-state index in [-0.39, 0.29) is 29.3 Å². The number of aryl methyl sites for hydroxylation is 1. The number of alkyl halides is 3. The van der Waals surface area contributed by atoms with Gasteiger partial charge in [-0.15, -0.1) is 0 Å². The number of rotatable bonds is 3. The van der Waals surface area contributed by atoms with E-state index in [9.17, 15) is 18.0 Å². The number of carbonyl (C=O) groups is 1. The van der Waals surface area contributed by atoms with E-state index in [1.807, 2.05) is 0 Å². The smallest absolute Gasteiger partial charge is 0.419 e. The Balaban J connectivity index is 1.70. The molecule has 0 radical (unpaired) electrons. The lowest BCUT2D eigenvalue weighted by Crippen LogP contribution is -2.44. The first-order chi connectivity index (χ1) is 13.9. The van der Waals surface area contributed by atoms with Crippen LogP contribution in [0.15, 0.2) is 18.6 Å². The summed E-state index contributed by atoms with van der Waals surface area (Å²) in [5.74, 6) is 0.109. The molecule has 2 aromatic heterocycles. The van der Waals surface area contributed by atoms with Gasteiger partial charge in [-0.05, 0) is 33.6 Å². The van der Waals surface area contributed by atoms with Crippen molar-refractivity contribution < 1.29 is 22.7 Å². The standard InChI is InChI=1S/C19H25F3N6O2/c1-18(2,3)30-17(29)28-7-5-13(6-8-28)25-16-23-10-14(19(20,21)22)15(26-16)12-9-24-27(4)11-12/h9-11,13H,5-8H2,1-4H3,(H,23,25,26). The van der Waals surface area contributed by atoms with Crippen LogP contribution in [-0.4, -0.2) is 55.5 Å². The number of carbonyl (C=O) groups excluding carboxylic acids is 1. The molecule has 0 aliphatic carbocycles. The second-order valence-electron chi connectivity index (χ2n) is 8.24. The summed E-state index contributed by atoms with van der Waals surface area (Å²) in [5.41, 5.74) is -1.45. The van der Waals surface area contributed by atoms with Crippen molar-refractivity contribution >= 4 is 12.0 Å². The molecule has 0 bridgehead atoms. The highest BCUT2D eigenvalue weighted by Crippen LogP contribution is 2.36. The molecule has 8 nitrogen and oxygen atoms in total. The van der Waals surface area contributed by atoms with Crippen LogP contribution in [0.25, 0.3) is 11.3 Å². The molecular formula is C19H25F3N6O2. The van der Waals surface area contributed by atoms with E-state index in [2.05, 4.69) is 20.4 Å². The summed E-state index contributed by atoms with van der Waals surface area (Å²) in [4.78, 5) is 21.8. The molecule has 3 heterocycles. The average Bonchev–Trinajstić information content (AvgIpc) is 3.06. The van der Waals surface area contributed by atoms with Crippen molar-refractivity contribution in [3.8, 4) is 11.3 Å². The maximum Gasteiger partial charge on any atom is 0.419 e. The van der Waals surface area contributed by atoms with Crippen LogP contribution in [0.5, 0.6) is 0 Å². The van der Waals surface area contributed by atoms with Crippen LogP contribution in [0.1, 0.15) is 39.2 Å². The van der Waals surface area contributed by atoms with Crippen LogP contribution < -0.4 is 5.32 Å². The van der Waals surface area contributed by atoms with Crippen LogP contribution >= 0.6 is 0 Å². The van der Waals surface area contributed by atoms with Crippen LogP contribution in [0.3, 0.4) is 0 Å². The maximum atomic E-state index is 13.4. The van der Waals surface area contributed by atoms with E-state index in [0.29, 0.717) is 25.9 Å². The summed E-state index contributed by atoms with van der Waals surface area (Å²) < 4.78 is 47.0. The van der Waals surface area contributed by atoms with Gasteiger partial charge in [-0.3, -0.25) is 4.68 Å². The normalized spacial score (nSPS) is 15.9. The number of aromatic nitrogens is 4. The minimum atomic E-state index is -4.58. The minimum Gasteiger partial charge on any atom is -0.444 e. The lowest BCUT2D eigenvalue weighted by molar-refractivity contribution is -0.137. The Hall–Kier alpha value is -2.85. The number of nitrogens with zero attached hydrogens (tertiary/aromatic N) is 5. The number of hydrogen-bond donors (Lipinski definition) is 1. The van der Waals surface area contributed by atoms with Gasteiger partial charge in [0, 0.05) is 44.1 Å². The third-order valence-electron chi connectivity index (χ3n) is 4.55. The van der Waals surface area contributed by atoms with E-state index < -0.39 is 17.3 Å². The van der Waals surface area contributed by atoms with Crippen molar-refractivity contribution in [3.63, 3.8) is 0 Å². The zero-order valence-corrected chi connectivity index (χ0v) is 17.3. The zero-order chi connectivity index (χ0) is 22.1. The highest BCUT2D eigenvalue weighted by atomic mass is 19.4. The molecule has 1 fully saturated rings. The quantitative estimate of drug-likeness (QED) is 0.806. The van der Waals surface area contributed by atoms with Gasteiger partial charge in [-0.2, -0.15) is 18.3 Å². The molecule has 0 saturated carbocycles. The highest BCUT2D eigenvalue weighted by molar-refractivity contribution is 5.68. The number of hydrogen-bond acceptors (Lipinski definition) is 6. The van der Waals surface area contributed by atoms with Gasteiger partial charge in [-0.1, -0.05) is 0 Å². The summed E-state index contributed by atoms with van der Waals surface area (Å²) in [7, 11) is 1.62. The fraction of sp³-hybridized carbons (Fsp3) is 0.579. The molecule has 11 heteroatoms. The monoisotopic (exact) mass is 426 g/mol. The molecule has 1 N–H and O–H groups in total. The Labute approximate surface area is 172 Å². The summed E-state index contributed by atoms with van der Waals surface area (Å²) >= 11 is 0. The Morgan fingerprint density at radius 3 is 2.40 bits per heavy atom. The first-order valence-electron chi connectivity index (χ1n) is 9.60. The zero-order valence-electron chi connectivity index (χ0n) is 17.3. The number of halogens is 3. The van der Waals surface area contributed by atoms with Gasteiger partial charge < -0.3 is 15.0 Å². The SMILES string of the molecule is Cn1cc(-c2nc(NC3CCN(C(=O)OC(C)(C)C)CC3)ncc2C(F)(F)F)cn1. The highest BCUT2D eigenvalue weighted by Gasteiger charge is 2.36. The molecule has 30 heavy (non-hydrogen) atoms. The first kappa shape index (κ1) is 21.8. The fourth-order valence-corrected chi connectivity index (χ4v) is 3.14. The Kier molecular flexibility index (Phi) is 5.91. The third kappa shape index (κ3) is 5.39. The van der Waals surface area contributed by atoms with Crippen molar-refractivity contribution in [3.05, 3.63) is 24.2 Å². The molecule has 1 amide bonds. The molecule has 0 atom stereocenters. The van der Waals surface area contributed by atoms with Crippen LogP contribution in [0.4, 0.5) is 23.9 Å². The van der Waals surface area contributed by atoms with Crippen molar-refractivity contribution in [1.29, 1.82) is 0 Å². The van der Waals surface area contributed by atoms with Crippen molar-refractivity contribution in [2.75, 3.05) is 18.4 Å². The number of anilines is 1. The van der Waals surface area contributed by atoms with Gasteiger partial charge in [0.2, 0.25) is 5.95 Å². The largest absolute Gasteiger partial charge is 0.444 e. The lowest BCUT2D eigenvalue weighted by atomic mass is 10.1. The Morgan fingerprint density at radius 2 is 1.87 bits per heavy atom. The molecule has 164 valence electrons. The third-order valence-corrected chi connectivity index (χ3v) is 4.55. The van der Waals surface area contributed by atoms with Crippen molar-refractivity contribution in [2.24, 2.45) is 7.05 Å². The van der Waals surface area contributed by atoms with Gasteiger partial charge >= 0.3 is 12.3 Å². The van der Waals surface area contributed by atoms with E-state index in [1.165, 1.54) is 17.1 Å². The number of amides is 1. The molecule has 1 saturated heterocycles. The van der Waals surface area contributed by atoms with E-state index in [0.717, 1.165) is 6.20 Å². The van der Waals surface area contributed by atoms with Gasteiger partial charge in [-0.25, -0.2) is 14.8 Å². The Morgan fingerprint density at radius 1 is 1.20 bits per heavy atom. The molecule has 0 unspecified atom stereocenters. The van der Waals surface area contributed by atoms with E-state index in [1.54, 1.807) is 32.7 Å². The van der Waals surface area contributed by atoms with Gasteiger partial charge in [0.15, 0.2) is 0 Å². The summed E-state index contributed by atoms with van der Waals surface area (Å²) in [6.07, 6.45) is -0.153. The van der Waals surface area contributed by atoms with Gasteiger partial charge in [0.05, 0.1) is 11.9 Å². The summed E-state index contributed by atoms with van der Waals surface area (Å²) in [6, 6.07) is -0.0674. The minimum absolute atomic E-state index is 0.0674. The van der Waals surface area contributed by atoms with Gasteiger partial charge in [0.25, 0.3) is 0 Å². The summed E-state index contributed by atoms with van der Waals surface area (Å²) in [6.45, 7) is 6.37. The summed E-state index contributed by atoms with van der Waals surface area (Å²) in [5, 5.41) is 7.02. The molecule has 3 rings (SSSR count). The number of ether oxygens (including phenoxy) is 1. The van der Waals surface area contributed by atoms with Crippen molar-refractivity contribution in [1.82, 2.24) is 24.6 Å². The molecule has 2 aromatic rings. The first-order valence-corrected chi connectivity index (χ1v) is 9.60. The van der Waals surface area contributed by atoms with Crippen LogP contribution in [-0.2, 0) is 18.0 Å². The predicted molar refractivity (Wildman–Crippen MR) is 104 cm³/mol. The molecule has 1 aliphatic heterocycles. The van der Waals surface area contributed by atoms with Crippen LogP contribution in [0, 0.1) is 0 Å². The number of likely N-dealkylation sites (tertiary alicyclic amines) is 1. The average molecular weight is 426 g/mol. The maximum absolute atomic E-state index is 13.4. The van der Waals surface area contributed by atoms with E-state index in [4.69, 9.17) is 4.74 Å². The molecular weight excluding hydrogens is 401 g/mol. The number of piperidine rings is 1. The topological polar surface area (TPSA) is 85.2 Å². The Bertz CT molecular complexity index is 898.